The molecule has 0 aliphatic carbocycles. The van der Waals surface area contributed by atoms with E-state index in [1.54, 1.807) is 30.3 Å². The number of aromatic nitrogens is 1. The van der Waals surface area contributed by atoms with Crippen LogP contribution < -0.4 is 18.9 Å². The van der Waals surface area contributed by atoms with Crippen LogP contribution in [0.5, 0.6) is 34.6 Å². The summed E-state index contributed by atoms with van der Waals surface area (Å²) in [6.45, 7) is 0. The highest BCUT2D eigenvalue weighted by Gasteiger charge is 2.15. The maximum Gasteiger partial charge on any atom is 0.219 e. The Morgan fingerprint density at radius 1 is 0.875 bits per heavy atom. The second kappa shape index (κ2) is 6.54. The van der Waals surface area contributed by atoms with E-state index < -0.39 is 0 Å². The predicted octanol–water partition coefficient (Wildman–Crippen LogP) is 3.76. The zero-order valence-electron chi connectivity index (χ0n) is 13.6. The third-order valence-corrected chi connectivity index (χ3v) is 3.53. The molecule has 6 nitrogen and oxygen atoms in total. The topological polar surface area (TPSA) is 70.0 Å². The van der Waals surface area contributed by atoms with Gasteiger partial charge in [-0.1, -0.05) is 12.1 Å². The van der Waals surface area contributed by atoms with Gasteiger partial charge in [-0.15, -0.1) is 0 Å². The number of phenols is 1. The van der Waals surface area contributed by atoms with Crippen molar-refractivity contribution in [2.45, 2.75) is 0 Å². The summed E-state index contributed by atoms with van der Waals surface area (Å²) in [6.07, 6.45) is 0. The minimum absolute atomic E-state index is 0.0999. The molecule has 0 saturated heterocycles. The summed E-state index contributed by atoms with van der Waals surface area (Å²) in [6, 6.07) is 12.1. The van der Waals surface area contributed by atoms with Crippen molar-refractivity contribution in [3.8, 4) is 34.6 Å². The van der Waals surface area contributed by atoms with Gasteiger partial charge in [-0.2, -0.15) is 0 Å². The van der Waals surface area contributed by atoms with Crippen LogP contribution in [0.4, 0.5) is 0 Å². The number of methoxy groups -OCH3 is 3. The molecule has 24 heavy (non-hydrogen) atoms. The van der Waals surface area contributed by atoms with E-state index in [1.165, 1.54) is 21.3 Å². The summed E-state index contributed by atoms with van der Waals surface area (Å²) < 4.78 is 21.7. The lowest BCUT2D eigenvalue weighted by Crippen LogP contribution is -1.96. The van der Waals surface area contributed by atoms with Crippen molar-refractivity contribution in [3.63, 3.8) is 0 Å². The van der Waals surface area contributed by atoms with Gasteiger partial charge in [-0.3, -0.25) is 0 Å². The van der Waals surface area contributed by atoms with Crippen LogP contribution in [0.2, 0.25) is 0 Å². The number of fused-ring (bicyclic) bond motifs is 1. The molecule has 6 heteroatoms. The van der Waals surface area contributed by atoms with Gasteiger partial charge >= 0.3 is 0 Å². The molecule has 1 aromatic heterocycles. The number of nitrogens with zero attached hydrogens (tertiary/aromatic N) is 1. The standard InChI is InChI=1S/C18H17NO5/c1-21-14-9-12(10-15(22-2)18(14)23-3)24-16-8-7-11-5-4-6-13(20)17(11)19-16/h4-10,20H,1-3H3. The summed E-state index contributed by atoms with van der Waals surface area (Å²) >= 11 is 0. The Bertz CT molecular complexity index is 853. The summed E-state index contributed by atoms with van der Waals surface area (Å²) in [7, 11) is 4.61. The number of pyridine rings is 1. The summed E-state index contributed by atoms with van der Waals surface area (Å²) in [5.74, 6) is 2.37. The predicted molar refractivity (Wildman–Crippen MR) is 89.6 cm³/mol. The number of para-hydroxylation sites is 1. The minimum Gasteiger partial charge on any atom is -0.506 e. The van der Waals surface area contributed by atoms with Crippen LogP contribution in [0.15, 0.2) is 42.5 Å². The van der Waals surface area contributed by atoms with Crippen LogP contribution in [0.1, 0.15) is 0 Å². The highest BCUT2D eigenvalue weighted by Crippen LogP contribution is 2.41. The van der Waals surface area contributed by atoms with Gasteiger partial charge in [0.25, 0.3) is 0 Å². The summed E-state index contributed by atoms with van der Waals surface area (Å²) in [5, 5.41) is 10.7. The first-order valence-electron chi connectivity index (χ1n) is 7.23. The zero-order chi connectivity index (χ0) is 17.1. The molecule has 0 atom stereocenters. The van der Waals surface area contributed by atoms with Crippen LogP contribution in [-0.2, 0) is 0 Å². The third kappa shape index (κ3) is 2.86. The lowest BCUT2D eigenvalue weighted by atomic mass is 10.2. The highest BCUT2D eigenvalue weighted by molar-refractivity contribution is 5.84. The zero-order valence-corrected chi connectivity index (χ0v) is 13.6. The maximum atomic E-state index is 9.92. The number of rotatable bonds is 5. The van der Waals surface area contributed by atoms with Crippen LogP contribution in [0.3, 0.4) is 0 Å². The SMILES string of the molecule is COc1cc(Oc2ccc3cccc(O)c3n2)cc(OC)c1OC. The first-order valence-corrected chi connectivity index (χ1v) is 7.23. The molecule has 0 radical (unpaired) electrons. The number of hydrogen-bond donors (Lipinski definition) is 1. The van der Waals surface area contributed by atoms with Crippen LogP contribution >= 0.6 is 0 Å². The molecular weight excluding hydrogens is 310 g/mol. The third-order valence-electron chi connectivity index (χ3n) is 3.53. The monoisotopic (exact) mass is 327 g/mol. The molecule has 1 heterocycles. The molecule has 0 unspecified atom stereocenters. The average Bonchev–Trinajstić information content (AvgIpc) is 2.61. The van der Waals surface area contributed by atoms with Crippen LogP contribution in [0.25, 0.3) is 10.9 Å². The van der Waals surface area contributed by atoms with Crippen molar-refractivity contribution in [1.82, 2.24) is 4.98 Å². The number of hydrogen-bond acceptors (Lipinski definition) is 6. The van der Waals surface area contributed by atoms with E-state index in [-0.39, 0.29) is 5.75 Å². The molecule has 0 aliphatic heterocycles. The molecule has 3 rings (SSSR count). The molecule has 0 saturated carbocycles. The maximum absolute atomic E-state index is 9.92. The molecule has 0 fully saturated rings. The van der Waals surface area contributed by atoms with Crippen molar-refractivity contribution in [3.05, 3.63) is 42.5 Å². The Kier molecular flexibility index (Phi) is 4.29. The van der Waals surface area contributed by atoms with Gasteiger partial charge in [-0.25, -0.2) is 4.98 Å². The van der Waals surface area contributed by atoms with Crippen molar-refractivity contribution >= 4 is 10.9 Å². The van der Waals surface area contributed by atoms with Crippen molar-refractivity contribution in [2.75, 3.05) is 21.3 Å². The van der Waals surface area contributed by atoms with Crippen LogP contribution in [0, 0.1) is 0 Å². The van der Waals surface area contributed by atoms with E-state index in [0.717, 1.165) is 5.39 Å². The van der Waals surface area contributed by atoms with Gasteiger partial charge < -0.3 is 24.1 Å². The quantitative estimate of drug-likeness (QED) is 0.769. The van der Waals surface area contributed by atoms with Gasteiger partial charge in [0.2, 0.25) is 11.6 Å². The van der Waals surface area contributed by atoms with Gasteiger partial charge in [0.05, 0.1) is 21.3 Å². The Balaban J connectivity index is 2.00. The fourth-order valence-electron chi connectivity index (χ4n) is 2.41. The van der Waals surface area contributed by atoms with E-state index in [0.29, 0.717) is 34.4 Å². The van der Waals surface area contributed by atoms with E-state index in [4.69, 9.17) is 18.9 Å². The van der Waals surface area contributed by atoms with Gasteiger partial charge in [0, 0.05) is 23.6 Å². The molecule has 2 aromatic carbocycles. The van der Waals surface area contributed by atoms with Crippen molar-refractivity contribution in [2.24, 2.45) is 0 Å². The first kappa shape index (κ1) is 15.7. The molecule has 0 spiro atoms. The Labute approximate surface area is 139 Å². The highest BCUT2D eigenvalue weighted by atomic mass is 16.5. The van der Waals surface area contributed by atoms with Gasteiger partial charge in [0.15, 0.2) is 11.5 Å². The Morgan fingerprint density at radius 3 is 2.21 bits per heavy atom. The van der Waals surface area contributed by atoms with Crippen molar-refractivity contribution in [1.29, 1.82) is 0 Å². The molecule has 0 aliphatic rings. The lowest BCUT2D eigenvalue weighted by molar-refractivity contribution is 0.320. The molecular formula is C18H17NO5. The van der Waals surface area contributed by atoms with Gasteiger partial charge in [0.1, 0.15) is 17.0 Å². The minimum atomic E-state index is 0.0999. The molecule has 3 aromatic rings. The van der Waals surface area contributed by atoms with E-state index >= 15 is 0 Å². The number of ether oxygens (including phenoxy) is 4. The fraction of sp³-hybridized carbons (Fsp3) is 0.167. The van der Waals surface area contributed by atoms with Crippen molar-refractivity contribution < 1.29 is 24.1 Å². The normalized spacial score (nSPS) is 10.5. The van der Waals surface area contributed by atoms with E-state index in [2.05, 4.69) is 4.98 Å². The van der Waals surface area contributed by atoms with E-state index in [1.807, 2.05) is 12.1 Å². The second-order valence-electron chi connectivity index (χ2n) is 4.96. The first-order chi connectivity index (χ1) is 11.7. The second-order valence-corrected chi connectivity index (χ2v) is 4.96. The Hall–Kier alpha value is -3.15. The summed E-state index contributed by atoms with van der Waals surface area (Å²) in [5.41, 5.74) is 0.474. The van der Waals surface area contributed by atoms with Crippen LogP contribution in [-0.4, -0.2) is 31.4 Å². The average molecular weight is 327 g/mol. The largest absolute Gasteiger partial charge is 0.506 e. The van der Waals surface area contributed by atoms with Gasteiger partial charge in [-0.05, 0) is 12.1 Å². The number of aromatic hydroxyl groups is 1. The molecule has 0 amide bonds. The number of phenolic OH excluding ortho intramolecular Hbond substituents is 1. The summed E-state index contributed by atoms with van der Waals surface area (Å²) in [4.78, 5) is 4.34. The molecule has 1 N–H and O–H groups in total. The molecule has 0 bridgehead atoms. The lowest BCUT2D eigenvalue weighted by Gasteiger charge is -2.14. The number of benzene rings is 2. The van der Waals surface area contributed by atoms with E-state index in [9.17, 15) is 5.11 Å². The Morgan fingerprint density at radius 2 is 1.58 bits per heavy atom. The smallest absolute Gasteiger partial charge is 0.219 e. The fourth-order valence-corrected chi connectivity index (χ4v) is 2.41. The molecule has 124 valence electrons.